The van der Waals surface area contributed by atoms with Crippen LogP contribution < -0.4 is 5.32 Å². The van der Waals surface area contributed by atoms with Crippen LogP contribution in [-0.4, -0.2) is 87.2 Å². The summed E-state index contributed by atoms with van der Waals surface area (Å²) in [6.45, 7) is 2.04. The molecule has 246 valence electrons. The summed E-state index contributed by atoms with van der Waals surface area (Å²) in [5, 5.41) is 11.2. The molecule has 2 N–H and O–H groups in total. The number of hydrogen-bond donors (Lipinski definition) is 2. The molecule has 0 aliphatic carbocycles. The topological polar surface area (TPSA) is 116 Å². The van der Waals surface area contributed by atoms with E-state index in [9.17, 15) is 14.0 Å². The summed E-state index contributed by atoms with van der Waals surface area (Å²) in [4.78, 5) is 39.1. The molecule has 0 unspecified atom stereocenters. The van der Waals surface area contributed by atoms with E-state index in [4.69, 9.17) is 4.74 Å². The molecule has 2 fully saturated rings. The highest BCUT2D eigenvalue weighted by molar-refractivity contribution is 6.01. The average molecular weight is 652 g/mol. The predicted octanol–water partition coefficient (Wildman–Crippen LogP) is 5.40. The summed E-state index contributed by atoms with van der Waals surface area (Å²) in [5.41, 5.74) is 2.92. The van der Waals surface area contributed by atoms with E-state index < -0.39 is 5.60 Å². The van der Waals surface area contributed by atoms with E-state index in [1.807, 2.05) is 28.0 Å². The van der Waals surface area contributed by atoms with Crippen molar-refractivity contribution in [2.24, 2.45) is 0 Å². The third-order valence-corrected chi connectivity index (χ3v) is 9.52. The van der Waals surface area contributed by atoms with Crippen LogP contribution in [0.1, 0.15) is 30.7 Å². The fraction of sp³-hybridized carbons (Fsp3) is 0.306. The van der Waals surface area contributed by atoms with Gasteiger partial charge in [0.25, 0.3) is 5.91 Å². The van der Waals surface area contributed by atoms with Crippen LogP contribution in [0.25, 0.3) is 33.5 Å². The number of halogens is 2. The Hall–Kier alpha value is -5.07. The van der Waals surface area contributed by atoms with Crippen LogP contribution in [0, 0.1) is 11.6 Å². The monoisotopic (exact) mass is 651 g/mol. The highest BCUT2D eigenvalue weighted by atomic mass is 19.1. The zero-order valence-electron chi connectivity index (χ0n) is 26.5. The number of nitrogens with one attached hydrogen (secondary N) is 2. The highest BCUT2D eigenvalue weighted by Crippen LogP contribution is 2.33. The molecule has 7 rings (SSSR count). The molecule has 0 spiro atoms. The van der Waals surface area contributed by atoms with Crippen molar-refractivity contribution in [1.82, 2.24) is 30.0 Å². The molecule has 4 heterocycles. The van der Waals surface area contributed by atoms with Gasteiger partial charge in [0.2, 0.25) is 5.91 Å². The van der Waals surface area contributed by atoms with Crippen molar-refractivity contribution in [2.45, 2.75) is 30.8 Å². The fourth-order valence-corrected chi connectivity index (χ4v) is 6.78. The number of fused-ring (bicyclic) bond motifs is 1. The number of likely N-dealkylation sites (tertiary alicyclic amines) is 2. The van der Waals surface area contributed by atoms with E-state index in [2.05, 4.69) is 25.5 Å². The maximum absolute atomic E-state index is 15.1. The maximum atomic E-state index is 15.1. The molecule has 2 amide bonds. The maximum Gasteiger partial charge on any atom is 0.258 e. The van der Waals surface area contributed by atoms with E-state index in [1.165, 1.54) is 25.3 Å². The summed E-state index contributed by atoms with van der Waals surface area (Å²) in [6.07, 6.45) is 5.02. The number of carbonyl (C=O) groups excluding carboxylic acids is 2. The number of piperidine rings is 1. The lowest BCUT2D eigenvalue weighted by Crippen LogP contribution is -2.48. The number of anilines is 1. The lowest BCUT2D eigenvalue weighted by molar-refractivity contribution is -0.138. The number of benzene rings is 3. The van der Waals surface area contributed by atoms with Crippen molar-refractivity contribution in [3.05, 3.63) is 96.3 Å². The first-order chi connectivity index (χ1) is 23.3. The molecular formula is C36H35F2N7O3. The van der Waals surface area contributed by atoms with E-state index in [0.29, 0.717) is 67.2 Å². The third kappa shape index (κ3) is 6.28. The molecule has 2 saturated heterocycles. The van der Waals surface area contributed by atoms with Crippen molar-refractivity contribution >= 4 is 28.4 Å². The van der Waals surface area contributed by atoms with Crippen molar-refractivity contribution < 1.29 is 23.1 Å². The van der Waals surface area contributed by atoms with E-state index >= 15 is 4.39 Å². The second-order valence-corrected chi connectivity index (χ2v) is 12.4. The Morgan fingerprint density at radius 2 is 1.73 bits per heavy atom. The van der Waals surface area contributed by atoms with Gasteiger partial charge in [0.05, 0.1) is 17.8 Å². The third-order valence-electron chi connectivity index (χ3n) is 9.52. The number of amides is 2. The quantitative estimate of drug-likeness (QED) is 0.231. The number of methoxy groups -OCH3 is 1. The zero-order valence-corrected chi connectivity index (χ0v) is 26.5. The lowest BCUT2D eigenvalue weighted by atomic mass is 9.88. The Morgan fingerprint density at radius 3 is 2.46 bits per heavy atom. The normalized spacial score (nSPS) is 18.8. The molecule has 10 nitrogen and oxygen atoms in total. The number of nitrogens with zero attached hydrogens (tertiary/aromatic N) is 5. The first kappa shape index (κ1) is 31.5. The van der Waals surface area contributed by atoms with Crippen molar-refractivity contribution in [3.8, 4) is 22.6 Å². The molecule has 2 aliphatic heterocycles. The van der Waals surface area contributed by atoms with Gasteiger partial charge in [-0.15, -0.1) is 0 Å². The van der Waals surface area contributed by atoms with Gasteiger partial charge in [-0.05, 0) is 85.3 Å². The summed E-state index contributed by atoms with van der Waals surface area (Å²) >= 11 is 0. The molecule has 12 heteroatoms. The number of carbonyl (C=O) groups is 2. The molecule has 5 aromatic rings. The zero-order chi connectivity index (χ0) is 33.3. The molecule has 2 aromatic heterocycles. The van der Waals surface area contributed by atoms with Gasteiger partial charge >= 0.3 is 0 Å². The molecule has 1 atom stereocenters. The van der Waals surface area contributed by atoms with Crippen LogP contribution in [0.15, 0.2) is 79.1 Å². The highest BCUT2D eigenvalue weighted by Gasteiger charge is 2.45. The Bertz CT molecular complexity index is 1940. The molecule has 0 saturated carbocycles. The van der Waals surface area contributed by atoms with Crippen molar-refractivity contribution in [1.29, 1.82) is 0 Å². The molecule has 0 radical (unpaired) electrons. The van der Waals surface area contributed by atoms with Crippen molar-refractivity contribution in [3.63, 3.8) is 0 Å². The van der Waals surface area contributed by atoms with Gasteiger partial charge < -0.3 is 15.0 Å². The molecule has 48 heavy (non-hydrogen) atoms. The Labute approximate surface area is 276 Å². The first-order valence-corrected chi connectivity index (χ1v) is 16.0. The van der Waals surface area contributed by atoms with Gasteiger partial charge in [-0.1, -0.05) is 12.1 Å². The minimum absolute atomic E-state index is 0.0171. The first-order valence-electron chi connectivity index (χ1n) is 16.0. The largest absolute Gasteiger partial charge is 0.367 e. The minimum Gasteiger partial charge on any atom is -0.367 e. The van der Waals surface area contributed by atoms with E-state index in [-0.39, 0.29) is 42.5 Å². The number of aromatic amines is 1. The van der Waals surface area contributed by atoms with Crippen LogP contribution in [-0.2, 0) is 14.3 Å². The molecule has 3 aromatic carbocycles. The summed E-state index contributed by atoms with van der Waals surface area (Å²) in [5.74, 6) is -0.426. The van der Waals surface area contributed by atoms with E-state index in [1.54, 1.807) is 42.7 Å². The SMILES string of the molecule is CO[C@@]1(C(=O)Nc2ccc3[nH]nc(-c4ccc(F)cc4)c3c2)CCN(CC(=O)N2CCC(c3ccc(-c4ncccn4)cc3F)CC2)C1. The number of hydrogen-bond acceptors (Lipinski definition) is 7. The standard InChI is InChI=1S/C36H35F2N7O3/c1-48-36(35(47)41-27-8-10-31-29(20-27)33(43-42-31)24-3-6-26(37)7-4-24)13-18-44(22-36)21-32(46)45-16-11-23(12-17-45)28-9-5-25(19-30(28)38)34-39-14-2-15-40-34/h2-10,14-15,19-20,23H,11-13,16-18,21-22H2,1H3,(H,41,47)(H,42,43)/t36-/m0/s1. The number of H-pyrrole nitrogens is 1. The van der Waals surface area contributed by atoms with Gasteiger partial charge in [0.1, 0.15) is 11.6 Å². The Kier molecular flexibility index (Phi) is 8.67. The van der Waals surface area contributed by atoms with Gasteiger partial charge in [-0.2, -0.15) is 5.10 Å². The molecule has 2 aliphatic rings. The van der Waals surface area contributed by atoms with Crippen LogP contribution in [0.2, 0.25) is 0 Å². The van der Waals surface area contributed by atoms with Crippen LogP contribution in [0.4, 0.5) is 14.5 Å². The van der Waals surface area contributed by atoms with Crippen LogP contribution >= 0.6 is 0 Å². The number of ether oxygens (including phenoxy) is 1. The van der Waals surface area contributed by atoms with Crippen molar-refractivity contribution in [2.75, 3.05) is 45.2 Å². The summed E-state index contributed by atoms with van der Waals surface area (Å²) < 4.78 is 34.4. The number of aromatic nitrogens is 4. The smallest absolute Gasteiger partial charge is 0.258 e. The lowest BCUT2D eigenvalue weighted by Gasteiger charge is -2.33. The summed E-state index contributed by atoms with van der Waals surface area (Å²) in [7, 11) is 1.51. The second kappa shape index (κ2) is 13.2. The van der Waals surface area contributed by atoms with Crippen LogP contribution in [0.3, 0.4) is 0 Å². The van der Waals surface area contributed by atoms with Gasteiger partial charge in [-0.3, -0.25) is 19.6 Å². The van der Waals surface area contributed by atoms with Gasteiger partial charge in [-0.25, -0.2) is 18.7 Å². The van der Waals surface area contributed by atoms with Gasteiger partial charge in [0, 0.05) is 67.9 Å². The molecular weight excluding hydrogens is 616 g/mol. The minimum atomic E-state index is -1.12. The number of rotatable bonds is 8. The van der Waals surface area contributed by atoms with E-state index in [0.717, 1.165) is 16.5 Å². The average Bonchev–Trinajstić information content (AvgIpc) is 3.74. The van der Waals surface area contributed by atoms with Gasteiger partial charge in [0.15, 0.2) is 11.4 Å². The predicted molar refractivity (Wildman–Crippen MR) is 177 cm³/mol. The Morgan fingerprint density at radius 1 is 0.979 bits per heavy atom. The molecule has 0 bridgehead atoms. The Balaban J connectivity index is 0.947. The summed E-state index contributed by atoms with van der Waals surface area (Å²) in [6, 6.07) is 18.4. The van der Waals surface area contributed by atoms with Crippen LogP contribution in [0.5, 0.6) is 0 Å². The fourth-order valence-electron chi connectivity index (χ4n) is 6.78. The second-order valence-electron chi connectivity index (χ2n) is 12.4.